The molecule has 1 rings (SSSR count). The van der Waals surface area contributed by atoms with Crippen molar-refractivity contribution in [3.63, 3.8) is 0 Å². The average molecular weight is 209 g/mol. The summed E-state index contributed by atoms with van der Waals surface area (Å²) in [5.41, 5.74) is 5.36. The molecule has 0 spiro atoms. The fraction of sp³-hybridized carbons (Fsp3) is 0.167. The van der Waals surface area contributed by atoms with Gasteiger partial charge in [-0.05, 0) is 12.2 Å². The highest BCUT2D eigenvalue weighted by Gasteiger charge is 2.40. The maximum Gasteiger partial charge on any atom is 0.351 e. The molecule has 0 radical (unpaired) electrons. The predicted molar refractivity (Wildman–Crippen MR) is 45.6 cm³/mol. The lowest BCUT2D eigenvalue weighted by Crippen LogP contribution is -2.51. The Balaban J connectivity index is 3.04. The van der Waals surface area contributed by atoms with Gasteiger partial charge in [-0.15, -0.1) is 0 Å². The number of carboxylic acids is 1. The molecule has 1 aliphatic heterocycles. The molecule has 66 valence electrons. The molecule has 4 N–H and O–H groups in total. The lowest BCUT2D eigenvalue weighted by atomic mass is 10.1. The summed E-state index contributed by atoms with van der Waals surface area (Å²) in [4.78, 5) is 8.82. The van der Waals surface area contributed by atoms with Crippen LogP contribution >= 0.6 is 23.2 Å². The van der Waals surface area contributed by atoms with Crippen molar-refractivity contribution in [1.82, 2.24) is 5.32 Å². The predicted octanol–water partition coefficient (Wildman–Crippen LogP) is 0.532. The van der Waals surface area contributed by atoms with E-state index in [9.17, 15) is 4.79 Å². The van der Waals surface area contributed by atoms with Gasteiger partial charge in [-0.3, -0.25) is 0 Å². The minimum Gasteiger partial charge on any atom is -0.478 e. The zero-order chi connectivity index (χ0) is 9.35. The molecule has 0 fully saturated rings. The van der Waals surface area contributed by atoms with Gasteiger partial charge >= 0.3 is 5.97 Å². The van der Waals surface area contributed by atoms with Crippen LogP contribution in [0.5, 0.6) is 0 Å². The Hall–Kier alpha value is -0.870. The van der Waals surface area contributed by atoms with E-state index in [1.807, 2.05) is 0 Å². The zero-order valence-corrected chi connectivity index (χ0v) is 7.36. The van der Waals surface area contributed by atoms with Gasteiger partial charge in [0, 0.05) is 0 Å². The highest BCUT2D eigenvalue weighted by molar-refractivity contribution is 6.37. The topological polar surface area (TPSA) is 75.3 Å². The number of carboxylic acid groups (broad SMARTS) is 1. The second-order valence-electron chi connectivity index (χ2n) is 2.23. The molecule has 0 saturated heterocycles. The van der Waals surface area contributed by atoms with E-state index in [0.29, 0.717) is 0 Å². The van der Waals surface area contributed by atoms with Crippen molar-refractivity contribution in [3.05, 3.63) is 23.0 Å². The zero-order valence-electron chi connectivity index (χ0n) is 5.84. The quantitative estimate of drug-likeness (QED) is 0.435. The molecule has 0 aromatic heterocycles. The minimum atomic E-state index is -1.81. The van der Waals surface area contributed by atoms with Crippen LogP contribution in [0, 0.1) is 0 Å². The van der Waals surface area contributed by atoms with Gasteiger partial charge in [0.2, 0.25) is 0 Å². The number of hydrogen-bond donors (Lipinski definition) is 3. The Morgan fingerprint density at radius 2 is 2.25 bits per heavy atom. The smallest absolute Gasteiger partial charge is 0.351 e. The summed E-state index contributed by atoms with van der Waals surface area (Å²) in [5, 5.41) is 11.2. The van der Waals surface area contributed by atoms with Crippen LogP contribution in [0.15, 0.2) is 23.0 Å². The van der Waals surface area contributed by atoms with Crippen LogP contribution in [0.2, 0.25) is 0 Å². The fourth-order valence-electron chi connectivity index (χ4n) is 0.733. The molecule has 12 heavy (non-hydrogen) atoms. The summed E-state index contributed by atoms with van der Waals surface area (Å²) in [6.45, 7) is 0. The van der Waals surface area contributed by atoms with Gasteiger partial charge in [0.25, 0.3) is 5.00 Å². The monoisotopic (exact) mass is 208 g/mol. The molecular formula is C6H6Cl2N2O2. The molecule has 0 amide bonds. The van der Waals surface area contributed by atoms with Gasteiger partial charge in [-0.1, -0.05) is 23.2 Å². The second-order valence-corrected chi connectivity index (χ2v) is 3.20. The van der Waals surface area contributed by atoms with Gasteiger partial charge in [-0.25, -0.2) is 4.79 Å². The van der Waals surface area contributed by atoms with Crippen molar-refractivity contribution in [2.75, 3.05) is 0 Å². The van der Waals surface area contributed by atoms with Crippen LogP contribution in [0.4, 0.5) is 0 Å². The Morgan fingerprint density at radius 3 is 2.67 bits per heavy atom. The Bertz CT molecular complexity index is 287. The van der Waals surface area contributed by atoms with Crippen molar-refractivity contribution in [1.29, 1.82) is 0 Å². The van der Waals surface area contributed by atoms with Gasteiger partial charge in [0.1, 0.15) is 5.16 Å². The summed E-state index contributed by atoms with van der Waals surface area (Å²) < 4.78 is 0. The van der Waals surface area contributed by atoms with Crippen LogP contribution in [0.25, 0.3) is 0 Å². The maximum atomic E-state index is 10.6. The number of allylic oxidation sites excluding steroid dienone is 2. The molecule has 0 aliphatic carbocycles. The van der Waals surface area contributed by atoms with E-state index < -0.39 is 11.0 Å². The molecule has 0 aromatic rings. The van der Waals surface area contributed by atoms with Crippen molar-refractivity contribution >= 4 is 29.2 Å². The van der Waals surface area contributed by atoms with Crippen molar-refractivity contribution < 1.29 is 9.90 Å². The highest BCUT2D eigenvalue weighted by atomic mass is 35.5. The summed E-state index contributed by atoms with van der Waals surface area (Å²) in [5.74, 6) is -1.29. The third-order valence-corrected chi connectivity index (χ3v) is 2.09. The Kier molecular flexibility index (Phi) is 2.21. The number of nitrogens with two attached hydrogens (primary N) is 1. The van der Waals surface area contributed by atoms with Crippen molar-refractivity contribution in [3.8, 4) is 0 Å². The number of rotatable bonds is 1. The number of hydrogen-bond acceptors (Lipinski definition) is 3. The average Bonchev–Trinajstić information content (AvgIpc) is 1.97. The molecule has 0 bridgehead atoms. The highest BCUT2D eigenvalue weighted by Crippen LogP contribution is 2.24. The van der Waals surface area contributed by atoms with E-state index in [0.717, 1.165) is 0 Å². The number of halogens is 2. The molecule has 4 nitrogen and oxygen atoms in total. The largest absolute Gasteiger partial charge is 0.478 e. The molecule has 0 aromatic carbocycles. The first-order valence-corrected chi connectivity index (χ1v) is 3.76. The summed E-state index contributed by atoms with van der Waals surface area (Å²) in [7, 11) is 0. The lowest BCUT2D eigenvalue weighted by molar-refractivity contribution is -0.139. The summed E-state index contributed by atoms with van der Waals surface area (Å²) >= 11 is 11.1. The molecule has 1 unspecified atom stereocenters. The lowest BCUT2D eigenvalue weighted by Gasteiger charge is -2.27. The maximum absolute atomic E-state index is 10.6. The number of alkyl halides is 1. The number of nitrogens with one attached hydrogen (secondary N) is 1. The molecule has 1 aliphatic rings. The van der Waals surface area contributed by atoms with Crippen LogP contribution in [-0.2, 0) is 4.79 Å². The molecule has 1 heterocycles. The van der Waals surface area contributed by atoms with E-state index in [4.69, 9.17) is 34.0 Å². The minimum absolute atomic E-state index is 0.000988. The number of aliphatic carboxylic acids is 1. The van der Waals surface area contributed by atoms with Gasteiger partial charge < -0.3 is 16.2 Å². The van der Waals surface area contributed by atoms with E-state index in [1.54, 1.807) is 0 Å². The SMILES string of the molecule is NC1=CC=C(Cl)NC1(Cl)C(=O)O. The molecular weight excluding hydrogens is 203 g/mol. The Morgan fingerprint density at radius 1 is 1.67 bits per heavy atom. The van der Waals surface area contributed by atoms with Crippen molar-refractivity contribution in [2.24, 2.45) is 5.73 Å². The third kappa shape index (κ3) is 1.35. The first-order valence-electron chi connectivity index (χ1n) is 3.01. The first-order chi connectivity index (χ1) is 5.47. The van der Waals surface area contributed by atoms with Gasteiger partial charge in [0.15, 0.2) is 0 Å². The van der Waals surface area contributed by atoms with Gasteiger partial charge in [-0.2, -0.15) is 0 Å². The van der Waals surface area contributed by atoms with E-state index in [1.165, 1.54) is 12.2 Å². The van der Waals surface area contributed by atoms with Crippen LogP contribution in [-0.4, -0.2) is 16.1 Å². The van der Waals surface area contributed by atoms with Crippen LogP contribution in [0.1, 0.15) is 0 Å². The normalized spacial score (nSPS) is 28.5. The summed E-state index contributed by atoms with van der Waals surface area (Å²) in [6.07, 6.45) is 2.78. The third-order valence-electron chi connectivity index (χ3n) is 1.39. The standard InChI is InChI=1S/C6H6Cl2N2O2/c7-4-2-1-3(9)6(8,10-4)5(11)12/h1-2,10H,9H2,(H,11,12). The molecule has 6 heteroatoms. The second kappa shape index (κ2) is 2.88. The van der Waals surface area contributed by atoms with Crippen molar-refractivity contribution in [2.45, 2.75) is 5.00 Å². The Labute approximate surface area is 78.6 Å². The summed E-state index contributed by atoms with van der Waals surface area (Å²) in [6, 6.07) is 0. The molecule has 1 atom stereocenters. The van der Waals surface area contributed by atoms with Crippen LogP contribution in [0.3, 0.4) is 0 Å². The first kappa shape index (κ1) is 9.22. The van der Waals surface area contributed by atoms with E-state index >= 15 is 0 Å². The van der Waals surface area contributed by atoms with E-state index in [2.05, 4.69) is 5.32 Å². The number of dihydropyridines is 1. The van der Waals surface area contributed by atoms with Gasteiger partial charge in [0.05, 0.1) is 5.70 Å². The molecule has 0 saturated carbocycles. The van der Waals surface area contributed by atoms with E-state index in [-0.39, 0.29) is 10.9 Å². The van der Waals surface area contributed by atoms with Crippen LogP contribution < -0.4 is 11.1 Å². The fourth-order valence-corrected chi connectivity index (χ4v) is 1.15. The number of carbonyl (C=O) groups is 1.